The molecule has 1 fully saturated rings. The largest absolute Gasteiger partial charge is 0.482 e. The van der Waals surface area contributed by atoms with Gasteiger partial charge in [0, 0.05) is 12.1 Å². The number of carbonyl (C=O) groups is 2. The number of ether oxygens (including phenoxy) is 1. The maximum Gasteiger partial charge on any atom is 0.422 e. The molecule has 0 saturated carbocycles. The topological polar surface area (TPSA) is 97.6 Å². The van der Waals surface area contributed by atoms with E-state index < -0.39 is 60.8 Å². The normalized spacial score (nSPS) is 17.3. The second kappa shape index (κ2) is 7.64. The molecule has 162 valence electrons. The van der Waals surface area contributed by atoms with Gasteiger partial charge in [-0.3, -0.25) is 9.59 Å². The lowest BCUT2D eigenvalue weighted by molar-refractivity contribution is -0.153. The third-order valence-electron chi connectivity index (χ3n) is 4.72. The molecule has 29 heavy (non-hydrogen) atoms. The first-order valence-corrected chi connectivity index (χ1v) is 8.55. The molecule has 0 radical (unpaired) electrons. The number of rotatable bonds is 7. The predicted molar refractivity (Wildman–Crippen MR) is 92.9 cm³/mol. The molecule has 0 aliphatic carbocycles. The number of nitrogens with one attached hydrogen (secondary N) is 1. The highest BCUT2D eigenvalue weighted by Gasteiger charge is 2.45. The molecule has 2 rings (SSSR count). The number of alkyl halides is 5. The monoisotopic (exact) mass is 424 g/mol. The van der Waals surface area contributed by atoms with Crippen molar-refractivity contribution >= 4 is 17.5 Å². The Hall–Kier alpha value is -2.66. The van der Waals surface area contributed by atoms with Gasteiger partial charge in [-0.25, -0.2) is 13.8 Å². The average molecular weight is 424 g/mol. The average Bonchev–Trinajstić information content (AvgIpc) is 2.56. The summed E-state index contributed by atoms with van der Waals surface area (Å²) >= 11 is 0. The van der Waals surface area contributed by atoms with Crippen LogP contribution in [0, 0.1) is 5.41 Å². The number of nitrogens with two attached hydrogens (primary N) is 1. The van der Waals surface area contributed by atoms with Gasteiger partial charge in [0.1, 0.15) is 11.4 Å². The quantitative estimate of drug-likeness (QED) is 0.654. The van der Waals surface area contributed by atoms with Crippen molar-refractivity contribution < 1.29 is 36.3 Å². The standard InChI is InChI=1S/C17H21F5N4O3/c1-9(15(2,3)14(23)28)25-13(27)10-4-12(29-8-17(20,21)22)11(5-24-10)26-6-16(18,19)7-26/h4-5,9H,6-8H2,1-3H3,(H2,23,28)(H,25,27). The van der Waals surface area contributed by atoms with Gasteiger partial charge < -0.3 is 20.7 Å². The molecule has 3 N–H and O–H groups in total. The van der Waals surface area contributed by atoms with Gasteiger partial charge in [0.15, 0.2) is 6.61 Å². The van der Waals surface area contributed by atoms with Crippen LogP contribution < -0.4 is 20.7 Å². The van der Waals surface area contributed by atoms with E-state index in [9.17, 15) is 31.5 Å². The lowest BCUT2D eigenvalue weighted by Gasteiger charge is -2.40. The predicted octanol–water partition coefficient (Wildman–Crippen LogP) is 2.11. The lowest BCUT2D eigenvalue weighted by Crippen LogP contribution is -2.56. The maximum absolute atomic E-state index is 13.1. The van der Waals surface area contributed by atoms with E-state index in [0.29, 0.717) is 0 Å². The van der Waals surface area contributed by atoms with Gasteiger partial charge in [0.2, 0.25) is 5.91 Å². The molecule has 2 heterocycles. The lowest BCUT2D eigenvalue weighted by atomic mass is 9.84. The van der Waals surface area contributed by atoms with Gasteiger partial charge in [-0.1, -0.05) is 0 Å². The number of primary amides is 1. The molecule has 1 aromatic rings. The van der Waals surface area contributed by atoms with E-state index >= 15 is 0 Å². The Morgan fingerprint density at radius 2 is 1.93 bits per heavy atom. The van der Waals surface area contributed by atoms with Gasteiger partial charge in [0.25, 0.3) is 11.8 Å². The zero-order valence-corrected chi connectivity index (χ0v) is 15.9. The summed E-state index contributed by atoms with van der Waals surface area (Å²) in [7, 11) is 0. The molecular formula is C17H21F5N4O3. The van der Waals surface area contributed by atoms with E-state index in [1.54, 1.807) is 0 Å². The molecular weight excluding hydrogens is 403 g/mol. The minimum atomic E-state index is -4.66. The molecule has 1 aliphatic rings. The molecule has 0 aromatic carbocycles. The number of hydrogen-bond acceptors (Lipinski definition) is 5. The van der Waals surface area contributed by atoms with Crippen molar-refractivity contribution in [3.63, 3.8) is 0 Å². The molecule has 1 aliphatic heterocycles. The Bertz CT molecular complexity index is 790. The van der Waals surface area contributed by atoms with E-state index in [1.165, 1.54) is 20.8 Å². The molecule has 7 nitrogen and oxygen atoms in total. The third kappa shape index (κ3) is 5.45. The Kier molecular flexibility index (Phi) is 5.96. The van der Waals surface area contributed by atoms with Gasteiger partial charge in [0.05, 0.1) is 30.4 Å². The second-order valence-corrected chi connectivity index (χ2v) is 7.43. The molecule has 1 aromatic heterocycles. The summed E-state index contributed by atoms with van der Waals surface area (Å²) in [6.07, 6.45) is -3.67. The molecule has 0 spiro atoms. The van der Waals surface area contributed by atoms with Crippen molar-refractivity contribution in [2.75, 3.05) is 24.6 Å². The van der Waals surface area contributed by atoms with Crippen molar-refractivity contribution in [3.8, 4) is 5.75 Å². The van der Waals surface area contributed by atoms with Crippen LogP contribution in [0.2, 0.25) is 0 Å². The van der Waals surface area contributed by atoms with Crippen LogP contribution in [-0.4, -0.2) is 54.6 Å². The first-order valence-electron chi connectivity index (χ1n) is 8.55. The Labute approximate surface area is 163 Å². The molecule has 1 unspecified atom stereocenters. The van der Waals surface area contributed by atoms with E-state index in [-0.39, 0.29) is 11.4 Å². The van der Waals surface area contributed by atoms with Crippen molar-refractivity contribution in [1.29, 1.82) is 0 Å². The number of halogens is 5. The highest BCUT2D eigenvalue weighted by molar-refractivity contribution is 5.94. The van der Waals surface area contributed by atoms with Crippen LogP contribution in [0.4, 0.5) is 27.6 Å². The summed E-state index contributed by atoms with van der Waals surface area (Å²) in [6, 6.07) is 0.222. The van der Waals surface area contributed by atoms with E-state index in [0.717, 1.165) is 17.2 Å². The maximum atomic E-state index is 13.1. The van der Waals surface area contributed by atoms with Gasteiger partial charge in [-0.15, -0.1) is 0 Å². The molecule has 0 bridgehead atoms. The van der Waals surface area contributed by atoms with Crippen LogP contribution in [-0.2, 0) is 4.79 Å². The minimum Gasteiger partial charge on any atom is -0.482 e. The van der Waals surface area contributed by atoms with Crippen molar-refractivity contribution in [2.45, 2.75) is 38.9 Å². The zero-order chi connectivity index (χ0) is 22.2. The molecule has 1 saturated heterocycles. The van der Waals surface area contributed by atoms with Crippen molar-refractivity contribution in [3.05, 3.63) is 18.0 Å². The number of pyridine rings is 1. The third-order valence-corrected chi connectivity index (χ3v) is 4.72. The van der Waals surface area contributed by atoms with Crippen LogP contribution in [0.1, 0.15) is 31.3 Å². The molecule has 1 atom stereocenters. The van der Waals surface area contributed by atoms with Gasteiger partial charge in [-0.2, -0.15) is 13.2 Å². The molecule has 2 amide bonds. The molecule has 12 heteroatoms. The summed E-state index contributed by atoms with van der Waals surface area (Å²) in [5.41, 5.74) is 3.80. The summed E-state index contributed by atoms with van der Waals surface area (Å²) < 4.78 is 68.6. The van der Waals surface area contributed by atoms with Crippen LogP contribution in [0.25, 0.3) is 0 Å². The van der Waals surface area contributed by atoms with Gasteiger partial charge in [-0.05, 0) is 20.8 Å². The minimum absolute atomic E-state index is 0.0813. The number of aromatic nitrogens is 1. The summed E-state index contributed by atoms with van der Waals surface area (Å²) in [6.45, 7) is 1.48. The van der Waals surface area contributed by atoms with Gasteiger partial charge >= 0.3 is 6.18 Å². The van der Waals surface area contributed by atoms with Crippen LogP contribution in [0.3, 0.4) is 0 Å². The zero-order valence-electron chi connectivity index (χ0n) is 15.9. The first-order chi connectivity index (χ1) is 13.1. The smallest absolute Gasteiger partial charge is 0.422 e. The van der Waals surface area contributed by atoms with Crippen LogP contribution in [0.15, 0.2) is 12.3 Å². The van der Waals surface area contributed by atoms with Crippen LogP contribution >= 0.6 is 0 Å². The summed E-state index contributed by atoms with van der Waals surface area (Å²) in [4.78, 5) is 28.8. The van der Waals surface area contributed by atoms with Crippen molar-refractivity contribution in [1.82, 2.24) is 10.3 Å². The van der Waals surface area contributed by atoms with E-state index in [2.05, 4.69) is 10.3 Å². The fourth-order valence-corrected chi connectivity index (χ4v) is 2.41. The number of nitrogens with zero attached hydrogens (tertiary/aromatic N) is 2. The van der Waals surface area contributed by atoms with E-state index in [4.69, 9.17) is 10.5 Å². The Morgan fingerprint density at radius 3 is 2.41 bits per heavy atom. The summed E-state index contributed by atoms with van der Waals surface area (Å²) in [5, 5.41) is 2.49. The van der Waals surface area contributed by atoms with Crippen molar-refractivity contribution in [2.24, 2.45) is 11.1 Å². The Morgan fingerprint density at radius 1 is 1.34 bits per heavy atom. The van der Waals surface area contributed by atoms with Crippen LogP contribution in [0.5, 0.6) is 5.75 Å². The fourth-order valence-electron chi connectivity index (χ4n) is 2.41. The number of hydrogen-bond donors (Lipinski definition) is 2. The summed E-state index contributed by atoms with van der Waals surface area (Å²) in [5.74, 6) is -4.82. The van der Waals surface area contributed by atoms with E-state index in [1.807, 2.05) is 0 Å². The number of carbonyl (C=O) groups excluding carboxylic acids is 2. The highest BCUT2D eigenvalue weighted by Crippen LogP contribution is 2.37. The second-order valence-electron chi connectivity index (χ2n) is 7.43. The SMILES string of the molecule is CC(NC(=O)c1cc(OCC(F)(F)F)c(N2CC(F)(F)C2)cn1)C(C)(C)C(N)=O. The highest BCUT2D eigenvalue weighted by atomic mass is 19.4. The number of amides is 2. The first kappa shape index (κ1) is 22.6. The Balaban J connectivity index is 2.24. The number of anilines is 1. The fraction of sp³-hybridized carbons (Fsp3) is 0.588.